The molecule has 1 aromatic carbocycles. The molecule has 2 heterocycles. The molecule has 4 rings (SSSR count). The molecular formula is C22H20Cl2N4O5. The number of halogens is 2. The van der Waals surface area contributed by atoms with Crippen LogP contribution in [-0.4, -0.2) is 56.7 Å². The molecule has 2 aromatic heterocycles. The van der Waals surface area contributed by atoms with Gasteiger partial charge >= 0.3 is 0 Å². The summed E-state index contributed by atoms with van der Waals surface area (Å²) < 4.78 is 1.34. The second-order valence-electron chi connectivity index (χ2n) is 7.71. The summed E-state index contributed by atoms with van der Waals surface area (Å²) in [5, 5.41) is 24.0. The number of fused-ring (bicyclic) bond motifs is 1. The van der Waals surface area contributed by atoms with E-state index < -0.39 is 24.5 Å². The highest BCUT2D eigenvalue weighted by atomic mass is 35.5. The van der Waals surface area contributed by atoms with Gasteiger partial charge in [0.2, 0.25) is 5.91 Å². The minimum atomic E-state index is -1.10. The molecule has 1 unspecified atom stereocenters. The van der Waals surface area contributed by atoms with Crippen LogP contribution in [0.25, 0.3) is 10.9 Å². The second-order valence-corrected chi connectivity index (χ2v) is 8.52. The molecule has 1 aliphatic carbocycles. The lowest BCUT2D eigenvalue weighted by molar-refractivity contribution is -0.117. The molecule has 172 valence electrons. The highest BCUT2D eigenvalue weighted by Gasteiger charge is 2.30. The maximum absolute atomic E-state index is 13.3. The molecule has 3 aromatic rings. The van der Waals surface area contributed by atoms with Gasteiger partial charge in [-0.3, -0.25) is 19.0 Å². The summed E-state index contributed by atoms with van der Waals surface area (Å²) in [6.07, 6.45) is 3.64. The van der Waals surface area contributed by atoms with Crippen LogP contribution >= 0.6 is 23.2 Å². The Hall–Kier alpha value is -2.98. The summed E-state index contributed by atoms with van der Waals surface area (Å²) in [6.45, 7) is -0.657. The molecule has 0 spiro atoms. The second kappa shape index (κ2) is 9.48. The maximum Gasteiger partial charge on any atom is 0.265 e. The van der Waals surface area contributed by atoms with Gasteiger partial charge in [0.25, 0.3) is 11.8 Å². The Kier molecular flexibility index (Phi) is 6.66. The van der Waals surface area contributed by atoms with Crippen LogP contribution in [0.3, 0.4) is 0 Å². The number of nitrogens with one attached hydrogen (secondary N) is 2. The third-order valence-electron chi connectivity index (χ3n) is 5.25. The van der Waals surface area contributed by atoms with E-state index in [9.17, 15) is 19.5 Å². The Labute approximate surface area is 198 Å². The van der Waals surface area contributed by atoms with Crippen LogP contribution in [-0.2, 0) is 4.79 Å². The predicted molar refractivity (Wildman–Crippen MR) is 123 cm³/mol. The smallest absolute Gasteiger partial charge is 0.265 e. The van der Waals surface area contributed by atoms with E-state index in [1.54, 1.807) is 12.1 Å². The number of hydrogen-bond donors (Lipinski definition) is 4. The first kappa shape index (κ1) is 23.2. The summed E-state index contributed by atoms with van der Waals surface area (Å²) in [4.78, 5) is 41.9. The third kappa shape index (κ3) is 4.86. The Bertz CT molecular complexity index is 1230. The Balaban J connectivity index is 1.61. The van der Waals surface area contributed by atoms with E-state index in [2.05, 4.69) is 15.6 Å². The van der Waals surface area contributed by atoms with Crippen LogP contribution in [0.15, 0.2) is 36.7 Å². The van der Waals surface area contributed by atoms with Gasteiger partial charge in [-0.1, -0.05) is 23.2 Å². The molecule has 1 atom stereocenters. The molecule has 0 bridgehead atoms. The van der Waals surface area contributed by atoms with E-state index in [-0.39, 0.29) is 39.5 Å². The van der Waals surface area contributed by atoms with Crippen molar-refractivity contribution >= 4 is 57.6 Å². The van der Waals surface area contributed by atoms with E-state index in [1.807, 2.05) is 0 Å². The summed E-state index contributed by atoms with van der Waals surface area (Å²) in [6, 6.07) is 5.90. The van der Waals surface area contributed by atoms with Gasteiger partial charge < -0.3 is 20.8 Å². The van der Waals surface area contributed by atoms with Gasteiger partial charge in [0, 0.05) is 35.8 Å². The van der Waals surface area contributed by atoms with Crippen LogP contribution in [0.1, 0.15) is 33.6 Å². The number of carbonyl (C=O) groups excluding carboxylic acids is 3. The molecule has 1 fully saturated rings. The standard InChI is InChI=1S/C22H20Cl2N4O5/c23-15-7-12(20(31)26-9-13(30)10-29)8-16(24)18(15)22(33)28-6-4-14-17(28)3-5-25-19(14)27-21(32)11-1-2-11/h3-8,11,13,29-30H,1-2,9-10H2,(H,26,31)(H,25,27,32). The molecule has 0 radical (unpaired) electrons. The fraction of sp³-hybridized carbons (Fsp3) is 0.273. The monoisotopic (exact) mass is 490 g/mol. The van der Waals surface area contributed by atoms with Crippen molar-refractivity contribution in [1.82, 2.24) is 14.9 Å². The zero-order valence-electron chi connectivity index (χ0n) is 17.2. The zero-order chi connectivity index (χ0) is 23.7. The van der Waals surface area contributed by atoms with Crippen molar-refractivity contribution in [3.05, 3.63) is 57.8 Å². The number of aromatic nitrogens is 2. The fourth-order valence-electron chi connectivity index (χ4n) is 3.31. The molecule has 0 saturated heterocycles. The van der Waals surface area contributed by atoms with Crippen LogP contribution in [0.4, 0.5) is 5.82 Å². The topological polar surface area (TPSA) is 134 Å². The van der Waals surface area contributed by atoms with Gasteiger partial charge in [-0.05, 0) is 37.1 Å². The lowest BCUT2D eigenvalue weighted by Gasteiger charge is -2.12. The van der Waals surface area contributed by atoms with Crippen LogP contribution < -0.4 is 10.6 Å². The molecule has 9 nitrogen and oxygen atoms in total. The first-order valence-corrected chi connectivity index (χ1v) is 10.9. The number of amides is 2. The summed E-state index contributed by atoms with van der Waals surface area (Å²) in [7, 11) is 0. The first-order chi connectivity index (χ1) is 15.8. The highest BCUT2D eigenvalue weighted by molar-refractivity contribution is 6.40. The molecule has 11 heteroatoms. The molecule has 2 amide bonds. The number of hydrogen-bond acceptors (Lipinski definition) is 6. The predicted octanol–water partition coefficient (Wildman–Crippen LogP) is 2.46. The largest absolute Gasteiger partial charge is 0.394 e. The van der Waals surface area contributed by atoms with E-state index >= 15 is 0 Å². The Morgan fingerprint density at radius 3 is 2.52 bits per heavy atom. The number of nitrogens with zero attached hydrogens (tertiary/aromatic N) is 2. The van der Waals surface area contributed by atoms with Gasteiger partial charge in [-0.15, -0.1) is 0 Å². The number of aliphatic hydroxyl groups is 2. The van der Waals surface area contributed by atoms with Crippen molar-refractivity contribution in [2.45, 2.75) is 18.9 Å². The fourth-order valence-corrected chi connectivity index (χ4v) is 3.96. The van der Waals surface area contributed by atoms with Crippen molar-refractivity contribution in [2.24, 2.45) is 5.92 Å². The van der Waals surface area contributed by atoms with Crippen molar-refractivity contribution in [2.75, 3.05) is 18.5 Å². The molecule has 4 N–H and O–H groups in total. The molecule has 1 saturated carbocycles. The van der Waals surface area contributed by atoms with Crippen molar-refractivity contribution < 1.29 is 24.6 Å². The van der Waals surface area contributed by atoms with Crippen LogP contribution in [0.5, 0.6) is 0 Å². The van der Waals surface area contributed by atoms with Crippen LogP contribution in [0, 0.1) is 5.92 Å². The summed E-state index contributed by atoms with van der Waals surface area (Å²) in [5.41, 5.74) is 0.606. The van der Waals surface area contributed by atoms with E-state index in [0.29, 0.717) is 16.7 Å². The molecule has 1 aliphatic rings. The van der Waals surface area contributed by atoms with Crippen molar-refractivity contribution in [3.8, 4) is 0 Å². The van der Waals surface area contributed by atoms with Gasteiger partial charge in [0.05, 0.1) is 33.8 Å². The number of benzene rings is 1. The lowest BCUT2D eigenvalue weighted by atomic mass is 10.1. The average Bonchev–Trinajstić information content (AvgIpc) is 3.55. The van der Waals surface area contributed by atoms with Gasteiger partial charge in [0.1, 0.15) is 5.82 Å². The lowest BCUT2D eigenvalue weighted by Crippen LogP contribution is -2.33. The normalized spacial score (nSPS) is 14.2. The van der Waals surface area contributed by atoms with E-state index in [4.69, 9.17) is 28.3 Å². The van der Waals surface area contributed by atoms with Crippen molar-refractivity contribution in [1.29, 1.82) is 0 Å². The Morgan fingerprint density at radius 1 is 1.18 bits per heavy atom. The number of carbonyl (C=O) groups is 3. The number of anilines is 1. The first-order valence-electron chi connectivity index (χ1n) is 10.2. The summed E-state index contributed by atoms with van der Waals surface area (Å²) in [5.74, 6) is -0.816. The third-order valence-corrected chi connectivity index (χ3v) is 5.85. The molecule has 33 heavy (non-hydrogen) atoms. The number of pyridine rings is 1. The van der Waals surface area contributed by atoms with Crippen molar-refractivity contribution in [3.63, 3.8) is 0 Å². The molecule has 0 aliphatic heterocycles. The van der Waals surface area contributed by atoms with Gasteiger partial charge in [-0.25, -0.2) is 4.98 Å². The quantitative estimate of drug-likeness (QED) is 0.401. The van der Waals surface area contributed by atoms with E-state index in [0.717, 1.165) is 12.8 Å². The molecular weight excluding hydrogens is 471 g/mol. The summed E-state index contributed by atoms with van der Waals surface area (Å²) >= 11 is 12.6. The zero-order valence-corrected chi connectivity index (χ0v) is 18.7. The average molecular weight is 491 g/mol. The Morgan fingerprint density at radius 2 is 1.88 bits per heavy atom. The van der Waals surface area contributed by atoms with Gasteiger partial charge in [-0.2, -0.15) is 0 Å². The number of aliphatic hydroxyl groups excluding tert-OH is 2. The van der Waals surface area contributed by atoms with Crippen LogP contribution in [0.2, 0.25) is 10.0 Å². The highest BCUT2D eigenvalue weighted by Crippen LogP contribution is 2.32. The SMILES string of the molecule is O=C(NCC(O)CO)c1cc(Cl)c(C(=O)n2ccc3c(NC(=O)C4CC4)nccc32)c(Cl)c1. The minimum Gasteiger partial charge on any atom is -0.394 e. The van der Waals surface area contributed by atoms with Gasteiger partial charge in [0.15, 0.2) is 0 Å². The maximum atomic E-state index is 13.3. The van der Waals surface area contributed by atoms with E-state index in [1.165, 1.54) is 29.1 Å². The number of rotatable bonds is 7. The minimum absolute atomic E-state index is 0.00292.